The number of piperidine rings is 1. The molecular weight excluding hydrogens is 256 g/mol. The summed E-state index contributed by atoms with van der Waals surface area (Å²) in [5, 5.41) is 0. The Balaban J connectivity index is 1.86. The molecule has 2 heterocycles. The van der Waals surface area contributed by atoms with Crippen LogP contribution in [0.15, 0.2) is 0 Å². The third-order valence-corrected chi connectivity index (χ3v) is 5.53. The number of hydrogen-bond donors (Lipinski definition) is 1. The number of sulfonamides is 1. The molecular formula is C11H22N2O4S. The molecule has 2 N–H and O–H groups in total. The van der Waals surface area contributed by atoms with Crippen LogP contribution in [-0.4, -0.2) is 64.0 Å². The van der Waals surface area contributed by atoms with Crippen LogP contribution in [0, 0.1) is 5.92 Å². The van der Waals surface area contributed by atoms with Gasteiger partial charge in [-0.15, -0.1) is 0 Å². The third kappa shape index (κ3) is 3.64. The summed E-state index contributed by atoms with van der Waals surface area (Å²) in [6.07, 6.45) is 1.39. The monoisotopic (exact) mass is 278 g/mol. The molecule has 0 bridgehead atoms. The Hall–Kier alpha value is -0.210. The Morgan fingerprint density at radius 1 is 1.22 bits per heavy atom. The minimum Gasteiger partial charge on any atom is -0.376 e. The molecule has 2 rings (SSSR count). The van der Waals surface area contributed by atoms with Crippen molar-refractivity contribution >= 4 is 10.0 Å². The number of nitrogens with zero attached hydrogens (tertiary/aromatic N) is 1. The maximum Gasteiger partial charge on any atom is 0.216 e. The summed E-state index contributed by atoms with van der Waals surface area (Å²) >= 11 is 0. The highest BCUT2D eigenvalue weighted by Gasteiger charge is 2.31. The van der Waals surface area contributed by atoms with E-state index < -0.39 is 10.0 Å². The van der Waals surface area contributed by atoms with Crippen LogP contribution in [-0.2, 0) is 19.5 Å². The topological polar surface area (TPSA) is 81.9 Å². The Morgan fingerprint density at radius 3 is 2.50 bits per heavy atom. The average molecular weight is 278 g/mol. The summed E-state index contributed by atoms with van der Waals surface area (Å²) in [7, 11) is -3.23. The first-order valence-corrected chi connectivity index (χ1v) is 8.10. The largest absolute Gasteiger partial charge is 0.376 e. The van der Waals surface area contributed by atoms with Crippen LogP contribution in [0.1, 0.15) is 12.8 Å². The van der Waals surface area contributed by atoms with E-state index in [2.05, 4.69) is 0 Å². The molecule has 0 radical (unpaired) electrons. The minimum atomic E-state index is -3.23. The van der Waals surface area contributed by atoms with Gasteiger partial charge in [-0.1, -0.05) is 0 Å². The molecule has 106 valence electrons. The van der Waals surface area contributed by atoms with Gasteiger partial charge in [-0.25, -0.2) is 12.7 Å². The van der Waals surface area contributed by atoms with Crippen LogP contribution < -0.4 is 5.73 Å². The molecule has 0 aromatic heterocycles. The van der Waals surface area contributed by atoms with Gasteiger partial charge in [0.05, 0.1) is 31.7 Å². The van der Waals surface area contributed by atoms with E-state index in [0.717, 1.165) is 12.8 Å². The first-order chi connectivity index (χ1) is 8.62. The van der Waals surface area contributed by atoms with Gasteiger partial charge in [0.25, 0.3) is 0 Å². The molecule has 1 unspecified atom stereocenters. The summed E-state index contributed by atoms with van der Waals surface area (Å²) in [4.78, 5) is 0. The van der Waals surface area contributed by atoms with E-state index in [0.29, 0.717) is 45.4 Å². The van der Waals surface area contributed by atoms with Crippen molar-refractivity contribution in [3.8, 4) is 0 Å². The van der Waals surface area contributed by atoms with Gasteiger partial charge in [0.2, 0.25) is 10.0 Å². The molecule has 2 saturated heterocycles. The number of ether oxygens (including phenoxy) is 2. The second kappa shape index (κ2) is 6.29. The van der Waals surface area contributed by atoms with E-state index in [9.17, 15) is 8.42 Å². The molecule has 2 aliphatic heterocycles. The zero-order valence-corrected chi connectivity index (χ0v) is 11.4. The minimum absolute atomic E-state index is 0.0281. The van der Waals surface area contributed by atoms with Gasteiger partial charge in [0.15, 0.2) is 0 Å². The first kappa shape index (κ1) is 14.2. The highest BCUT2D eigenvalue weighted by molar-refractivity contribution is 7.89. The summed E-state index contributed by atoms with van der Waals surface area (Å²) in [6, 6.07) is 0. The molecule has 0 aliphatic carbocycles. The lowest BCUT2D eigenvalue weighted by molar-refractivity contribution is -0.0785. The molecule has 0 amide bonds. The van der Waals surface area contributed by atoms with Crippen LogP contribution in [0.2, 0.25) is 0 Å². The van der Waals surface area contributed by atoms with Gasteiger partial charge in [-0.2, -0.15) is 0 Å². The average Bonchev–Trinajstić information content (AvgIpc) is 2.39. The smallest absolute Gasteiger partial charge is 0.216 e. The quantitative estimate of drug-likeness (QED) is 0.743. The van der Waals surface area contributed by atoms with Crippen molar-refractivity contribution < 1.29 is 17.9 Å². The highest BCUT2D eigenvalue weighted by Crippen LogP contribution is 2.19. The van der Waals surface area contributed by atoms with Crippen LogP contribution >= 0.6 is 0 Å². The van der Waals surface area contributed by atoms with Gasteiger partial charge in [-0.3, -0.25) is 0 Å². The first-order valence-electron chi connectivity index (χ1n) is 6.49. The lowest BCUT2D eigenvalue weighted by Gasteiger charge is -2.32. The van der Waals surface area contributed by atoms with E-state index in [1.54, 1.807) is 4.31 Å². The zero-order valence-electron chi connectivity index (χ0n) is 10.6. The summed E-state index contributed by atoms with van der Waals surface area (Å²) < 4.78 is 36.6. The van der Waals surface area contributed by atoms with Crippen molar-refractivity contribution in [2.45, 2.75) is 18.9 Å². The zero-order chi connectivity index (χ0) is 13.0. The van der Waals surface area contributed by atoms with Crippen LogP contribution in [0.4, 0.5) is 0 Å². The van der Waals surface area contributed by atoms with Gasteiger partial charge in [-0.05, 0) is 25.3 Å². The van der Waals surface area contributed by atoms with Crippen molar-refractivity contribution in [1.82, 2.24) is 4.31 Å². The van der Waals surface area contributed by atoms with Gasteiger partial charge < -0.3 is 15.2 Å². The van der Waals surface area contributed by atoms with Gasteiger partial charge in [0.1, 0.15) is 0 Å². The van der Waals surface area contributed by atoms with Crippen LogP contribution in [0.25, 0.3) is 0 Å². The highest BCUT2D eigenvalue weighted by atomic mass is 32.2. The molecule has 18 heavy (non-hydrogen) atoms. The lowest BCUT2D eigenvalue weighted by atomic mass is 9.99. The van der Waals surface area contributed by atoms with Crippen molar-refractivity contribution in [2.75, 3.05) is 45.2 Å². The molecule has 1 atom stereocenters. The maximum absolute atomic E-state index is 12.2. The summed E-state index contributed by atoms with van der Waals surface area (Å²) in [5.41, 5.74) is 5.60. The Morgan fingerprint density at radius 2 is 1.94 bits per heavy atom. The maximum atomic E-state index is 12.2. The van der Waals surface area contributed by atoms with Crippen molar-refractivity contribution in [3.05, 3.63) is 0 Å². The lowest BCUT2D eigenvalue weighted by Crippen LogP contribution is -2.45. The molecule has 7 heteroatoms. The number of nitrogens with two attached hydrogens (primary N) is 1. The fourth-order valence-corrected chi connectivity index (χ4v) is 4.04. The third-order valence-electron chi connectivity index (χ3n) is 3.58. The van der Waals surface area contributed by atoms with Crippen LogP contribution in [0.3, 0.4) is 0 Å². The number of hydrogen-bond acceptors (Lipinski definition) is 5. The molecule has 2 fully saturated rings. The van der Waals surface area contributed by atoms with E-state index >= 15 is 0 Å². The Labute approximate surface area is 108 Å². The van der Waals surface area contributed by atoms with Gasteiger partial charge in [0, 0.05) is 13.1 Å². The molecule has 0 saturated carbocycles. The van der Waals surface area contributed by atoms with E-state index in [1.165, 1.54) is 0 Å². The molecule has 0 aromatic rings. The summed E-state index contributed by atoms with van der Waals surface area (Å²) in [5.74, 6) is 0.492. The van der Waals surface area contributed by atoms with E-state index in [-0.39, 0.29) is 11.9 Å². The van der Waals surface area contributed by atoms with Crippen LogP contribution in [0.5, 0.6) is 0 Å². The fourth-order valence-electron chi connectivity index (χ4n) is 2.40. The standard InChI is InChI=1S/C11H22N2O4S/c12-7-10-1-3-13(4-2-10)18(14,15)9-11-8-16-5-6-17-11/h10-11H,1-9,12H2. The second-order valence-corrected chi connectivity index (χ2v) is 6.94. The number of rotatable bonds is 4. The molecule has 6 nitrogen and oxygen atoms in total. The Kier molecular flexibility index (Phi) is 4.97. The van der Waals surface area contributed by atoms with E-state index in [4.69, 9.17) is 15.2 Å². The van der Waals surface area contributed by atoms with Crippen molar-refractivity contribution in [3.63, 3.8) is 0 Å². The Bertz CT molecular complexity index is 346. The summed E-state index contributed by atoms with van der Waals surface area (Å²) in [6.45, 7) is 3.22. The van der Waals surface area contributed by atoms with Crippen molar-refractivity contribution in [2.24, 2.45) is 11.7 Å². The SMILES string of the molecule is NCC1CCN(S(=O)(=O)CC2COCCO2)CC1. The molecule has 2 aliphatic rings. The van der Waals surface area contributed by atoms with Crippen molar-refractivity contribution in [1.29, 1.82) is 0 Å². The predicted molar refractivity (Wildman–Crippen MR) is 67.7 cm³/mol. The normalized spacial score (nSPS) is 28.4. The second-order valence-electron chi connectivity index (χ2n) is 4.92. The van der Waals surface area contributed by atoms with Gasteiger partial charge >= 0.3 is 0 Å². The molecule has 0 spiro atoms. The fraction of sp³-hybridized carbons (Fsp3) is 1.00. The predicted octanol–water partition coefficient (Wildman–Crippen LogP) is -0.598. The van der Waals surface area contributed by atoms with E-state index in [1.807, 2.05) is 0 Å². The molecule has 0 aromatic carbocycles.